The van der Waals surface area contributed by atoms with E-state index in [1.807, 2.05) is 0 Å². The van der Waals surface area contributed by atoms with Gasteiger partial charge < -0.3 is 16.2 Å². The summed E-state index contributed by atoms with van der Waals surface area (Å²) in [6, 6.07) is 4.81. The summed E-state index contributed by atoms with van der Waals surface area (Å²) in [6.45, 7) is 5.24. The number of benzene rings is 1. The zero-order valence-electron chi connectivity index (χ0n) is 11.2. The average Bonchev–Trinajstić information content (AvgIpc) is 2.34. The van der Waals surface area contributed by atoms with Crippen molar-refractivity contribution < 1.29 is 9.50 Å². The number of nitrogens with zero attached hydrogens (tertiary/aromatic N) is 1. The van der Waals surface area contributed by atoms with E-state index in [-0.39, 0.29) is 5.69 Å². The van der Waals surface area contributed by atoms with Gasteiger partial charge in [0.15, 0.2) is 5.82 Å². The van der Waals surface area contributed by atoms with Gasteiger partial charge in [0.25, 0.3) is 0 Å². The highest BCUT2D eigenvalue weighted by Crippen LogP contribution is 2.32. The molecular formula is C14H18FN3O. The number of aliphatic hydroxyl groups is 1. The third-order valence-corrected chi connectivity index (χ3v) is 3.37. The Morgan fingerprint density at radius 1 is 1.47 bits per heavy atom. The van der Waals surface area contributed by atoms with Gasteiger partial charge in [0, 0.05) is 17.3 Å². The Kier molecular flexibility index (Phi) is 3.32. The number of nitrogens with one attached hydrogen (secondary N) is 1. The van der Waals surface area contributed by atoms with Gasteiger partial charge in [-0.2, -0.15) is 0 Å². The van der Waals surface area contributed by atoms with Gasteiger partial charge in [-0.3, -0.25) is 4.98 Å². The van der Waals surface area contributed by atoms with Crippen LogP contribution in [0.1, 0.15) is 20.8 Å². The summed E-state index contributed by atoms with van der Waals surface area (Å²) in [5, 5.41) is 13.4. The maximum Gasteiger partial charge on any atom is 0.150 e. The number of aromatic nitrogens is 1. The quantitative estimate of drug-likeness (QED) is 0.744. The summed E-state index contributed by atoms with van der Waals surface area (Å²) >= 11 is 0. The van der Waals surface area contributed by atoms with Crippen molar-refractivity contribution in [3.05, 3.63) is 30.2 Å². The Balaban J connectivity index is 2.60. The molecule has 0 saturated heterocycles. The Bertz CT molecular complexity index is 611. The Morgan fingerprint density at radius 3 is 2.79 bits per heavy atom. The lowest BCUT2D eigenvalue weighted by atomic mass is 9.97. The second-order valence-corrected chi connectivity index (χ2v) is 5.24. The number of nitrogen functional groups attached to an aromatic ring is 1. The van der Waals surface area contributed by atoms with E-state index in [4.69, 9.17) is 5.73 Å². The highest BCUT2D eigenvalue weighted by molar-refractivity contribution is 5.98. The molecule has 19 heavy (non-hydrogen) atoms. The molecule has 0 spiro atoms. The van der Waals surface area contributed by atoms with Crippen molar-refractivity contribution in [2.24, 2.45) is 0 Å². The molecule has 1 aromatic heterocycles. The van der Waals surface area contributed by atoms with Crippen LogP contribution >= 0.6 is 0 Å². The number of halogens is 1. The third-order valence-electron chi connectivity index (χ3n) is 3.37. The van der Waals surface area contributed by atoms with Gasteiger partial charge in [-0.15, -0.1) is 0 Å². The molecule has 0 radical (unpaired) electrons. The lowest BCUT2D eigenvalue weighted by molar-refractivity contribution is 0.133. The normalized spacial score (nSPS) is 13.5. The van der Waals surface area contributed by atoms with Crippen LogP contribution < -0.4 is 11.1 Å². The fourth-order valence-corrected chi connectivity index (χ4v) is 1.78. The molecule has 1 heterocycles. The predicted molar refractivity (Wildman–Crippen MR) is 75.5 cm³/mol. The van der Waals surface area contributed by atoms with Crippen LogP contribution in [0.3, 0.4) is 0 Å². The van der Waals surface area contributed by atoms with Gasteiger partial charge in [-0.25, -0.2) is 4.39 Å². The van der Waals surface area contributed by atoms with Gasteiger partial charge >= 0.3 is 0 Å². The number of fused-ring (bicyclic) bond motifs is 1. The van der Waals surface area contributed by atoms with Gasteiger partial charge in [-0.1, -0.05) is 0 Å². The van der Waals surface area contributed by atoms with E-state index >= 15 is 0 Å². The monoisotopic (exact) mass is 263 g/mol. The first-order valence-corrected chi connectivity index (χ1v) is 6.12. The lowest BCUT2D eigenvalue weighted by Crippen LogP contribution is -2.42. The van der Waals surface area contributed by atoms with Crippen LogP contribution in [0.2, 0.25) is 0 Å². The molecule has 0 aliphatic rings. The molecule has 5 heteroatoms. The first-order valence-electron chi connectivity index (χ1n) is 6.12. The fraction of sp³-hybridized carbons (Fsp3) is 0.357. The summed E-state index contributed by atoms with van der Waals surface area (Å²) in [5.74, 6) is -0.475. The van der Waals surface area contributed by atoms with Crippen molar-refractivity contribution in [3.8, 4) is 0 Å². The first-order chi connectivity index (χ1) is 8.83. The van der Waals surface area contributed by atoms with E-state index in [0.717, 1.165) is 0 Å². The van der Waals surface area contributed by atoms with Crippen LogP contribution in [0.4, 0.5) is 15.8 Å². The second kappa shape index (κ2) is 4.66. The summed E-state index contributed by atoms with van der Waals surface area (Å²) in [4.78, 5) is 4.18. The van der Waals surface area contributed by atoms with E-state index in [9.17, 15) is 9.50 Å². The van der Waals surface area contributed by atoms with E-state index in [0.29, 0.717) is 16.6 Å². The van der Waals surface area contributed by atoms with Gasteiger partial charge in [-0.05, 0) is 39.0 Å². The minimum Gasteiger partial charge on any atom is -0.398 e. The zero-order chi connectivity index (χ0) is 14.2. The molecule has 4 nitrogen and oxygen atoms in total. The van der Waals surface area contributed by atoms with Crippen LogP contribution in [0.5, 0.6) is 0 Å². The molecular weight excluding hydrogens is 245 g/mol. The molecule has 0 bridgehead atoms. The van der Waals surface area contributed by atoms with Crippen molar-refractivity contribution in [2.75, 3.05) is 11.1 Å². The molecule has 0 fully saturated rings. The number of aliphatic hydroxyl groups excluding tert-OH is 1. The predicted octanol–water partition coefficient (Wildman–Crippen LogP) is 2.53. The van der Waals surface area contributed by atoms with Crippen LogP contribution in [0, 0.1) is 5.82 Å². The highest BCUT2D eigenvalue weighted by atomic mass is 19.1. The van der Waals surface area contributed by atoms with E-state index < -0.39 is 17.5 Å². The van der Waals surface area contributed by atoms with Crippen molar-refractivity contribution in [3.63, 3.8) is 0 Å². The smallest absolute Gasteiger partial charge is 0.150 e. The minimum absolute atomic E-state index is 0.260. The number of hydrogen-bond acceptors (Lipinski definition) is 4. The topological polar surface area (TPSA) is 71.2 Å². The van der Waals surface area contributed by atoms with Gasteiger partial charge in [0.2, 0.25) is 0 Å². The average molecular weight is 263 g/mol. The van der Waals surface area contributed by atoms with E-state index in [1.54, 1.807) is 39.1 Å². The molecule has 0 saturated carbocycles. The molecule has 0 amide bonds. The van der Waals surface area contributed by atoms with E-state index in [1.165, 1.54) is 6.07 Å². The second-order valence-electron chi connectivity index (χ2n) is 5.24. The molecule has 2 rings (SSSR count). The standard InChI is InChI=1S/C14H18FN3O/c1-8(19)14(2,3)18-13-10(15)7-11(16)9-5-4-6-17-12(9)13/h4-8,18-19H,16H2,1-3H3. The van der Waals surface area contributed by atoms with Gasteiger partial charge in [0.1, 0.15) is 0 Å². The first kappa shape index (κ1) is 13.5. The number of nitrogens with two attached hydrogens (primary N) is 1. The van der Waals surface area contributed by atoms with E-state index in [2.05, 4.69) is 10.3 Å². The number of rotatable bonds is 3. The Labute approximate surface area is 111 Å². The van der Waals surface area contributed by atoms with Crippen molar-refractivity contribution in [1.29, 1.82) is 0 Å². The number of pyridine rings is 1. The largest absolute Gasteiger partial charge is 0.398 e. The van der Waals surface area contributed by atoms with Crippen LogP contribution in [-0.4, -0.2) is 21.7 Å². The highest BCUT2D eigenvalue weighted by Gasteiger charge is 2.26. The Morgan fingerprint density at radius 2 is 2.16 bits per heavy atom. The minimum atomic E-state index is -0.679. The third kappa shape index (κ3) is 2.46. The summed E-state index contributed by atoms with van der Waals surface area (Å²) in [6.07, 6.45) is 0.935. The molecule has 102 valence electrons. The summed E-state index contributed by atoms with van der Waals surface area (Å²) < 4.78 is 14.1. The van der Waals surface area contributed by atoms with Crippen LogP contribution in [0.25, 0.3) is 10.9 Å². The van der Waals surface area contributed by atoms with Crippen LogP contribution in [0.15, 0.2) is 24.4 Å². The van der Waals surface area contributed by atoms with Crippen molar-refractivity contribution in [1.82, 2.24) is 4.98 Å². The molecule has 1 atom stereocenters. The van der Waals surface area contributed by atoms with Gasteiger partial charge in [0.05, 0.1) is 22.8 Å². The van der Waals surface area contributed by atoms with Crippen molar-refractivity contribution in [2.45, 2.75) is 32.4 Å². The maximum atomic E-state index is 14.1. The molecule has 1 unspecified atom stereocenters. The van der Waals surface area contributed by atoms with Crippen molar-refractivity contribution >= 4 is 22.3 Å². The molecule has 1 aromatic carbocycles. The fourth-order valence-electron chi connectivity index (χ4n) is 1.78. The molecule has 2 aromatic rings. The zero-order valence-corrected chi connectivity index (χ0v) is 11.2. The Hall–Kier alpha value is -1.88. The maximum absolute atomic E-state index is 14.1. The summed E-state index contributed by atoms with van der Waals surface area (Å²) in [7, 11) is 0. The molecule has 0 aliphatic heterocycles. The molecule has 4 N–H and O–H groups in total. The SMILES string of the molecule is CC(O)C(C)(C)Nc1c(F)cc(N)c2cccnc12. The lowest BCUT2D eigenvalue weighted by Gasteiger charge is -2.31. The molecule has 0 aliphatic carbocycles. The number of anilines is 2. The summed E-state index contributed by atoms with van der Waals surface area (Å²) in [5.41, 5.74) is 6.19. The van der Waals surface area contributed by atoms with Crippen LogP contribution in [-0.2, 0) is 0 Å². The number of hydrogen-bond donors (Lipinski definition) is 3.